The number of carbonyl (C=O) groups excluding carboxylic acids is 1. The molecule has 5 heteroatoms. The summed E-state index contributed by atoms with van der Waals surface area (Å²) in [6.07, 6.45) is -0.443. The summed E-state index contributed by atoms with van der Waals surface area (Å²) in [5.74, 6) is 1.76. The van der Waals surface area contributed by atoms with Crippen LogP contribution in [-0.2, 0) is 9.53 Å². The second kappa shape index (κ2) is 9.64. The molecule has 0 aromatic heterocycles. The van der Waals surface area contributed by atoms with Crippen molar-refractivity contribution in [2.24, 2.45) is 0 Å². The molecule has 3 aromatic rings. The maximum atomic E-state index is 11.4. The lowest BCUT2D eigenvalue weighted by Crippen LogP contribution is -2.19. The first-order valence-electron chi connectivity index (χ1n) is 9.39. The zero-order valence-corrected chi connectivity index (χ0v) is 16.6. The molecule has 0 heterocycles. The quantitative estimate of drug-likeness (QED) is 0.218. The molecule has 0 fully saturated rings. The first-order valence-corrected chi connectivity index (χ1v) is 9.39. The smallest absolute Gasteiger partial charge is 0.333 e. The zero-order valence-electron chi connectivity index (χ0n) is 16.6. The second-order valence-corrected chi connectivity index (χ2v) is 6.52. The number of hydrogen-bond acceptors (Lipinski definition) is 5. The number of benzene rings is 3. The van der Waals surface area contributed by atoms with E-state index < -0.39 is 12.3 Å². The van der Waals surface area contributed by atoms with Gasteiger partial charge in [0.05, 0.1) is 0 Å². The fourth-order valence-electron chi connectivity index (χ4n) is 2.74. The molecule has 3 rings (SSSR count). The maximum absolute atomic E-state index is 11.4. The first-order chi connectivity index (χ1) is 14.0. The van der Waals surface area contributed by atoms with E-state index >= 15 is 0 Å². The molecule has 0 spiro atoms. The van der Waals surface area contributed by atoms with E-state index in [1.165, 1.54) is 0 Å². The van der Waals surface area contributed by atoms with Gasteiger partial charge >= 0.3 is 5.97 Å². The molecule has 0 aliphatic heterocycles. The molecule has 0 saturated heterocycles. The summed E-state index contributed by atoms with van der Waals surface area (Å²) in [4.78, 5) is 11.4. The number of ether oxygens (including phenoxy) is 4. The standard InChI is InChI=1S/C24H24O5/c1-17(2)24(25)27-15-14-26-21-12-13-22-19(16-21)8-7-11-23(22)29-18(3)28-20-9-5-4-6-10-20/h4-13,16,18H,1,14-15H2,2-3H3. The van der Waals surface area contributed by atoms with Crippen molar-refractivity contribution in [2.75, 3.05) is 13.2 Å². The lowest BCUT2D eigenvalue weighted by Gasteiger charge is -2.18. The van der Waals surface area contributed by atoms with Gasteiger partial charge in [0.25, 0.3) is 0 Å². The Hall–Kier alpha value is -3.47. The number of fused-ring (bicyclic) bond motifs is 1. The Morgan fingerprint density at radius 2 is 1.72 bits per heavy atom. The van der Waals surface area contributed by atoms with Gasteiger partial charge in [-0.1, -0.05) is 36.9 Å². The maximum Gasteiger partial charge on any atom is 0.333 e. The fraction of sp³-hybridized carbons (Fsp3) is 0.208. The summed E-state index contributed by atoms with van der Waals surface area (Å²) in [5, 5.41) is 1.93. The van der Waals surface area contributed by atoms with Gasteiger partial charge in [-0.2, -0.15) is 0 Å². The number of carbonyl (C=O) groups is 1. The Morgan fingerprint density at radius 3 is 2.48 bits per heavy atom. The van der Waals surface area contributed by atoms with Crippen molar-refractivity contribution < 1.29 is 23.7 Å². The van der Waals surface area contributed by atoms with E-state index in [9.17, 15) is 4.79 Å². The average molecular weight is 392 g/mol. The van der Waals surface area contributed by atoms with Gasteiger partial charge in [0.2, 0.25) is 6.29 Å². The predicted molar refractivity (Wildman–Crippen MR) is 112 cm³/mol. The molecule has 1 unspecified atom stereocenters. The first kappa shape index (κ1) is 20.3. The number of esters is 1. The molecule has 0 saturated carbocycles. The van der Waals surface area contributed by atoms with Gasteiger partial charge in [-0.25, -0.2) is 4.79 Å². The Labute approximate surface area is 170 Å². The zero-order chi connectivity index (χ0) is 20.6. The van der Waals surface area contributed by atoms with E-state index in [1.54, 1.807) is 6.92 Å². The Bertz CT molecular complexity index is 981. The number of para-hydroxylation sites is 1. The summed E-state index contributed by atoms with van der Waals surface area (Å²) in [7, 11) is 0. The lowest BCUT2D eigenvalue weighted by atomic mass is 10.1. The Balaban J connectivity index is 1.62. The lowest BCUT2D eigenvalue weighted by molar-refractivity contribution is -0.139. The van der Waals surface area contributed by atoms with E-state index in [0.29, 0.717) is 11.3 Å². The summed E-state index contributed by atoms with van der Waals surface area (Å²) in [6, 6.07) is 21.1. The third kappa shape index (κ3) is 5.75. The van der Waals surface area contributed by atoms with Gasteiger partial charge in [0.15, 0.2) is 0 Å². The van der Waals surface area contributed by atoms with Crippen LogP contribution in [0.2, 0.25) is 0 Å². The van der Waals surface area contributed by atoms with Crippen molar-refractivity contribution in [2.45, 2.75) is 20.1 Å². The minimum Gasteiger partial charge on any atom is -0.490 e. The molecule has 0 bridgehead atoms. The van der Waals surface area contributed by atoms with Crippen molar-refractivity contribution in [3.63, 3.8) is 0 Å². The minimum atomic E-state index is -0.443. The fourth-order valence-corrected chi connectivity index (χ4v) is 2.74. The predicted octanol–water partition coefficient (Wildman–Crippen LogP) is 5.14. The van der Waals surface area contributed by atoms with E-state index in [2.05, 4.69) is 6.58 Å². The molecule has 0 aliphatic rings. The van der Waals surface area contributed by atoms with Gasteiger partial charge in [0, 0.05) is 17.9 Å². The van der Waals surface area contributed by atoms with Crippen LogP contribution in [-0.4, -0.2) is 25.5 Å². The number of hydrogen-bond donors (Lipinski definition) is 0. The molecule has 0 amide bonds. The van der Waals surface area contributed by atoms with Crippen LogP contribution in [0.1, 0.15) is 13.8 Å². The highest BCUT2D eigenvalue weighted by Crippen LogP contribution is 2.29. The highest BCUT2D eigenvalue weighted by Gasteiger charge is 2.10. The van der Waals surface area contributed by atoms with E-state index in [1.807, 2.05) is 73.7 Å². The summed E-state index contributed by atoms with van der Waals surface area (Å²) in [5.41, 5.74) is 0.369. The van der Waals surface area contributed by atoms with Gasteiger partial charge in [-0.3, -0.25) is 0 Å². The molecule has 29 heavy (non-hydrogen) atoms. The monoisotopic (exact) mass is 392 g/mol. The van der Waals surface area contributed by atoms with Crippen LogP contribution in [0.4, 0.5) is 0 Å². The van der Waals surface area contributed by atoms with E-state index in [-0.39, 0.29) is 13.2 Å². The topological polar surface area (TPSA) is 54.0 Å². The van der Waals surface area contributed by atoms with Crippen LogP contribution in [0, 0.1) is 0 Å². The molecule has 150 valence electrons. The summed E-state index contributed by atoms with van der Waals surface area (Å²) in [6.45, 7) is 7.44. The summed E-state index contributed by atoms with van der Waals surface area (Å²) >= 11 is 0. The molecule has 0 radical (unpaired) electrons. The molecule has 3 aromatic carbocycles. The molecular formula is C24H24O5. The van der Waals surface area contributed by atoms with Gasteiger partial charge < -0.3 is 18.9 Å². The minimum absolute atomic E-state index is 0.168. The Morgan fingerprint density at radius 1 is 0.931 bits per heavy atom. The van der Waals surface area contributed by atoms with Crippen molar-refractivity contribution in [3.8, 4) is 17.2 Å². The largest absolute Gasteiger partial charge is 0.490 e. The molecule has 0 N–H and O–H groups in total. The van der Waals surface area contributed by atoms with Crippen LogP contribution in [0.5, 0.6) is 17.2 Å². The summed E-state index contributed by atoms with van der Waals surface area (Å²) < 4.78 is 22.5. The van der Waals surface area contributed by atoms with Crippen LogP contribution in [0.25, 0.3) is 10.8 Å². The molecular weight excluding hydrogens is 368 g/mol. The van der Waals surface area contributed by atoms with Crippen molar-refractivity contribution in [3.05, 3.63) is 78.9 Å². The highest BCUT2D eigenvalue weighted by atomic mass is 16.7. The van der Waals surface area contributed by atoms with E-state index in [0.717, 1.165) is 22.3 Å². The van der Waals surface area contributed by atoms with Gasteiger partial charge in [-0.05, 0) is 48.7 Å². The highest BCUT2D eigenvalue weighted by molar-refractivity contribution is 5.89. The van der Waals surface area contributed by atoms with Crippen LogP contribution >= 0.6 is 0 Å². The van der Waals surface area contributed by atoms with Crippen LogP contribution in [0.15, 0.2) is 78.9 Å². The SMILES string of the molecule is C=C(C)C(=O)OCCOc1ccc2c(OC(C)Oc3ccccc3)cccc2c1. The average Bonchev–Trinajstić information content (AvgIpc) is 2.71. The van der Waals surface area contributed by atoms with Crippen LogP contribution < -0.4 is 14.2 Å². The third-order valence-electron chi connectivity index (χ3n) is 4.08. The van der Waals surface area contributed by atoms with Crippen molar-refractivity contribution in [1.29, 1.82) is 0 Å². The molecule has 5 nitrogen and oxygen atoms in total. The second-order valence-electron chi connectivity index (χ2n) is 6.52. The molecule has 1 atom stereocenters. The van der Waals surface area contributed by atoms with Crippen LogP contribution in [0.3, 0.4) is 0 Å². The normalized spacial score (nSPS) is 11.5. The molecule has 0 aliphatic carbocycles. The van der Waals surface area contributed by atoms with Crippen molar-refractivity contribution in [1.82, 2.24) is 0 Å². The number of rotatable bonds is 9. The van der Waals surface area contributed by atoms with Gasteiger partial charge in [0.1, 0.15) is 30.5 Å². The van der Waals surface area contributed by atoms with Gasteiger partial charge in [-0.15, -0.1) is 0 Å². The van der Waals surface area contributed by atoms with Crippen molar-refractivity contribution >= 4 is 16.7 Å². The third-order valence-corrected chi connectivity index (χ3v) is 4.08. The van der Waals surface area contributed by atoms with E-state index in [4.69, 9.17) is 18.9 Å². The Kier molecular flexibility index (Phi) is 6.74.